The molecule has 0 fully saturated rings. The SMILES string of the molecule is CCn1c(COc2cccc([N+](=O)[O-])c2C)nc2cc(S(=O)(=O)N(C)C)ccc21. The number of benzene rings is 2. The Balaban J connectivity index is 1.96. The van der Waals surface area contributed by atoms with E-state index in [0.717, 1.165) is 9.82 Å². The van der Waals surface area contributed by atoms with Gasteiger partial charge in [-0.25, -0.2) is 17.7 Å². The van der Waals surface area contributed by atoms with Crippen molar-refractivity contribution >= 4 is 26.7 Å². The minimum Gasteiger partial charge on any atom is -0.485 e. The van der Waals surface area contributed by atoms with E-state index < -0.39 is 14.9 Å². The summed E-state index contributed by atoms with van der Waals surface area (Å²) < 4.78 is 33.7. The second kappa shape index (κ2) is 7.80. The van der Waals surface area contributed by atoms with Crippen molar-refractivity contribution in [1.82, 2.24) is 13.9 Å². The monoisotopic (exact) mass is 418 g/mol. The number of hydrogen-bond acceptors (Lipinski definition) is 6. The Labute approximate surface area is 168 Å². The van der Waals surface area contributed by atoms with Gasteiger partial charge in [0, 0.05) is 26.7 Å². The van der Waals surface area contributed by atoms with Crippen molar-refractivity contribution in [1.29, 1.82) is 0 Å². The molecule has 1 aromatic heterocycles. The number of nitro groups is 1. The van der Waals surface area contributed by atoms with Gasteiger partial charge in [-0.1, -0.05) is 6.07 Å². The van der Waals surface area contributed by atoms with Crippen LogP contribution in [0.2, 0.25) is 0 Å². The quantitative estimate of drug-likeness (QED) is 0.431. The summed E-state index contributed by atoms with van der Waals surface area (Å²) in [4.78, 5) is 15.4. The first-order chi connectivity index (χ1) is 13.7. The van der Waals surface area contributed by atoms with Crippen molar-refractivity contribution in [2.24, 2.45) is 0 Å². The van der Waals surface area contributed by atoms with E-state index in [-0.39, 0.29) is 17.2 Å². The Morgan fingerprint density at radius 2 is 1.97 bits per heavy atom. The summed E-state index contributed by atoms with van der Waals surface area (Å²) in [5.41, 5.74) is 1.77. The summed E-state index contributed by atoms with van der Waals surface area (Å²) in [6, 6.07) is 9.49. The van der Waals surface area contributed by atoms with Gasteiger partial charge in [0.1, 0.15) is 18.2 Å². The van der Waals surface area contributed by atoms with Gasteiger partial charge in [0.25, 0.3) is 5.69 Å². The van der Waals surface area contributed by atoms with Crippen molar-refractivity contribution in [3.63, 3.8) is 0 Å². The van der Waals surface area contributed by atoms with Crippen LogP contribution < -0.4 is 4.74 Å². The predicted octanol–water partition coefficient (Wildman–Crippen LogP) is 3.10. The minimum absolute atomic E-state index is 0.00923. The van der Waals surface area contributed by atoms with Crippen LogP contribution in [0.1, 0.15) is 18.3 Å². The second-order valence-electron chi connectivity index (χ2n) is 6.66. The fourth-order valence-corrected chi connectivity index (χ4v) is 4.02. The Morgan fingerprint density at radius 1 is 1.24 bits per heavy atom. The molecule has 9 nitrogen and oxygen atoms in total. The fraction of sp³-hybridized carbons (Fsp3) is 0.316. The number of sulfonamides is 1. The van der Waals surface area contributed by atoms with Gasteiger partial charge >= 0.3 is 0 Å². The lowest BCUT2D eigenvalue weighted by atomic mass is 10.2. The van der Waals surface area contributed by atoms with Crippen molar-refractivity contribution in [3.8, 4) is 5.75 Å². The van der Waals surface area contributed by atoms with Crippen LogP contribution in [0.25, 0.3) is 11.0 Å². The second-order valence-corrected chi connectivity index (χ2v) is 8.81. The maximum Gasteiger partial charge on any atom is 0.276 e. The smallest absolute Gasteiger partial charge is 0.276 e. The van der Waals surface area contributed by atoms with Crippen LogP contribution in [0.15, 0.2) is 41.3 Å². The summed E-state index contributed by atoms with van der Waals surface area (Å²) in [6.45, 7) is 4.30. The van der Waals surface area contributed by atoms with Crippen LogP contribution >= 0.6 is 0 Å². The van der Waals surface area contributed by atoms with E-state index in [2.05, 4.69) is 4.98 Å². The highest BCUT2D eigenvalue weighted by atomic mass is 32.2. The van der Waals surface area contributed by atoms with Crippen molar-refractivity contribution in [3.05, 3.63) is 57.9 Å². The van der Waals surface area contributed by atoms with Crippen molar-refractivity contribution < 1.29 is 18.1 Å². The fourth-order valence-electron chi connectivity index (χ4n) is 3.09. The number of nitro benzene ring substituents is 1. The number of ether oxygens (including phenoxy) is 1. The van der Waals surface area contributed by atoms with Crippen LogP contribution in [0.3, 0.4) is 0 Å². The van der Waals surface area contributed by atoms with Gasteiger partial charge in [0.15, 0.2) is 0 Å². The molecule has 0 saturated heterocycles. The number of aryl methyl sites for hydroxylation is 1. The van der Waals surface area contributed by atoms with Gasteiger partial charge in [0.2, 0.25) is 10.0 Å². The molecule has 10 heteroatoms. The van der Waals surface area contributed by atoms with Crippen molar-refractivity contribution in [2.75, 3.05) is 14.1 Å². The van der Waals surface area contributed by atoms with Crippen molar-refractivity contribution in [2.45, 2.75) is 31.9 Å². The number of imidazole rings is 1. The lowest BCUT2D eigenvalue weighted by Crippen LogP contribution is -2.22. The normalized spacial score (nSPS) is 11.9. The highest BCUT2D eigenvalue weighted by Crippen LogP contribution is 2.28. The zero-order valence-corrected chi connectivity index (χ0v) is 17.4. The third-order valence-electron chi connectivity index (χ3n) is 4.70. The number of hydrogen-bond donors (Lipinski definition) is 0. The van der Waals surface area contributed by atoms with Crippen LogP contribution in [-0.2, 0) is 23.2 Å². The van der Waals surface area contributed by atoms with E-state index in [1.165, 1.54) is 20.2 Å². The third kappa shape index (κ3) is 3.81. The molecule has 2 aromatic carbocycles. The van der Waals surface area contributed by atoms with E-state index in [9.17, 15) is 18.5 Å². The Kier molecular flexibility index (Phi) is 5.58. The average molecular weight is 418 g/mol. The molecule has 0 amide bonds. The Bertz CT molecular complexity index is 1180. The summed E-state index contributed by atoms with van der Waals surface area (Å²) in [6.07, 6.45) is 0. The summed E-state index contributed by atoms with van der Waals surface area (Å²) >= 11 is 0. The maximum atomic E-state index is 12.4. The zero-order valence-electron chi connectivity index (χ0n) is 16.6. The summed E-state index contributed by atoms with van der Waals surface area (Å²) in [7, 11) is -0.609. The van der Waals surface area contributed by atoms with Crippen LogP contribution in [-0.4, -0.2) is 41.3 Å². The van der Waals surface area contributed by atoms with Crippen LogP contribution in [0, 0.1) is 17.0 Å². The third-order valence-corrected chi connectivity index (χ3v) is 6.51. The molecule has 29 heavy (non-hydrogen) atoms. The predicted molar refractivity (Wildman–Crippen MR) is 108 cm³/mol. The Hall–Kier alpha value is -2.98. The lowest BCUT2D eigenvalue weighted by Gasteiger charge is -2.11. The molecular weight excluding hydrogens is 396 g/mol. The molecule has 0 unspecified atom stereocenters. The number of aromatic nitrogens is 2. The molecule has 3 aromatic rings. The van der Waals surface area contributed by atoms with E-state index in [4.69, 9.17) is 4.74 Å². The number of fused-ring (bicyclic) bond motifs is 1. The molecule has 0 aliphatic carbocycles. The molecule has 0 bridgehead atoms. The van der Waals surface area contributed by atoms with Gasteiger partial charge in [0.05, 0.1) is 26.4 Å². The van der Waals surface area contributed by atoms with Gasteiger partial charge < -0.3 is 9.30 Å². The molecule has 3 rings (SSSR count). The average Bonchev–Trinajstić information content (AvgIpc) is 3.03. The molecule has 154 valence electrons. The number of rotatable bonds is 7. The van der Waals surface area contributed by atoms with Gasteiger partial charge in [-0.3, -0.25) is 10.1 Å². The molecular formula is C19H22N4O5S. The summed E-state index contributed by atoms with van der Waals surface area (Å²) in [5, 5.41) is 11.1. The standard InChI is InChI=1S/C19H22N4O5S/c1-5-22-17-10-9-14(29(26,27)21(3)4)11-15(17)20-19(22)12-28-18-8-6-7-16(13(18)2)23(24)25/h6-11H,5,12H2,1-4H3. The van der Waals surface area contributed by atoms with E-state index in [1.807, 2.05) is 11.5 Å². The van der Waals surface area contributed by atoms with Gasteiger partial charge in [-0.05, 0) is 38.1 Å². The van der Waals surface area contributed by atoms with E-state index >= 15 is 0 Å². The molecule has 0 N–H and O–H groups in total. The largest absolute Gasteiger partial charge is 0.485 e. The van der Waals surface area contributed by atoms with Crippen LogP contribution in [0.5, 0.6) is 5.75 Å². The highest BCUT2D eigenvalue weighted by molar-refractivity contribution is 7.89. The minimum atomic E-state index is -3.56. The summed E-state index contributed by atoms with van der Waals surface area (Å²) in [5.74, 6) is 1.01. The van der Waals surface area contributed by atoms with Crippen LogP contribution in [0.4, 0.5) is 5.69 Å². The molecule has 0 radical (unpaired) electrons. The molecule has 0 spiro atoms. The highest BCUT2D eigenvalue weighted by Gasteiger charge is 2.20. The maximum absolute atomic E-state index is 12.4. The van der Waals surface area contributed by atoms with E-state index in [1.54, 1.807) is 37.3 Å². The first kappa shape index (κ1) is 20.7. The molecule has 0 saturated carbocycles. The van der Waals surface area contributed by atoms with E-state index in [0.29, 0.717) is 29.2 Å². The molecule has 0 aliphatic heterocycles. The zero-order chi connectivity index (χ0) is 21.3. The van der Waals surface area contributed by atoms with Gasteiger partial charge in [-0.2, -0.15) is 0 Å². The number of nitrogens with zero attached hydrogens (tertiary/aromatic N) is 4. The first-order valence-corrected chi connectivity index (χ1v) is 10.4. The molecule has 1 heterocycles. The first-order valence-electron chi connectivity index (χ1n) is 8.95. The van der Waals surface area contributed by atoms with Gasteiger partial charge in [-0.15, -0.1) is 0 Å². The molecule has 0 aliphatic rings. The lowest BCUT2D eigenvalue weighted by molar-refractivity contribution is -0.385. The molecule has 0 atom stereocenters. The Morgan fingerprint density at radius 3 is 2.59 bits per heavy atom. The topological polar surface area (TPSA) is 108 Å².